The molecule has 0 radical (unpaired) electrons. The lowest BCUT2D eigenvalue weighted by Gasteiger charge is -2.38. The minimum Gasteiger partial charge on any atom is -0.492 e. The molecule has 260 valence electrons. The maximum Gasteiger partial charge on any atom is 0.494 e. The molecular weight excluding hydrogens is 617 g/mol. The Balaban J connectivity index is 1.17. The van der Waals surface area contributed by atoms with E-state index in [2.05, 4.69) is 68.2 Å². The molecule has 3 aliphatic heterocycles. The molecule has 3 aliphatic rings. The number of carbonyl (C=O) groups is 2. The van der Waals surface area contributed by atoms with Crippen LogP contribution < -0.4 is 20.4 Å². The molecule has 9 nitrogen and oxygen atoms in total. The smallest absolute Gasteiger partial charge is 0.492 e. The van der Waals surface area contributed by atoms with Crippen LogP contribution in [0.2, 0.25) is 0 Å². The first-order chi connectivity index (χ1) is 23.0. The lowest BCUT2D eigenvalue weighted by molar-refractivity contribution is 0.00578. The third kappa shape index (κ3) is 7.03. The Bertz CT molecular complexity index is 1720. The summed E-state index contributed by atoms with van der Waals surface area (Å²) in [5, 5.41) is 2.86. The first kappa shape index (κ1) is 34.8. The van der Waals surface area contributed by atoms with Gasteiger partial charge in [0.15, 0.2) is 0 Å². The fourth-order valence-corrected chi connectivity index (χ4v) is 6.86. The average molecular weight is 668 g/mol. The van der Waals surface area contributed by atoms with Gasteiger partial charge in [-0.2, -0.15) is 0 Å². The molecule has 2 fully saturated rings. The van der Waals surface area contributed by atoms with Crippen molar-refractivity contribution in [3.05, 3.63) is 77.4 Å². The Kier molecular flexibility index (Phi) is 9.03. The number of fused-ring (bicyclic) bond motifs is 2. The van der Waals surface area contributed by atoms with E-state index in [1.807, 2.05) is 70.1 Å². The van der Waals surface area contributed by atoms with Gasteiger partial charge in [0.05, 0.1) is 17.8 Å². The highest BCUT2D eigenvalue weighted by Crippen LogP contribution is 2.46. The predicted octanol–water partition coefficient (Wildman–Crippen LogP) is 6.31. The number of nitrogens with zero attached hydrogens (tertiary/aromatic N) is 2. The molecule has 0 atom stereocenters. The van der Waals surface area contributed by atoms with E-state index >= 15 is 0 Å². The summed E-state index contributed by atoms with van der Waals surface area (Å²) in [6.45, 7) is 16.0. The summed E-state index contributed by atoms with van der Waals surface area (Å²) < 4.78 is 24.3. The maximum atomic E-state index is 14.0. The van der Waals surface area contributed by atoms with Gasteiger partial charge in [0.1, 0.15) is 11.4 Å². The number of amides is 2. The van der Waals surface area contributed by atoms with E-state index in [-0.39, 0.29) is 11.3 Å². The number of hydrogen-bond donors (Lipinski definition) is 1. The molecule has 49 heavy (non-hydrogen) atoms. The molecule has 0 saturated carbocycles. The summed E-state index contributed by atoms with van der Waals surface area (Å²) in [6.07, 6.45) is 1.16. The molecule has 3 aromatic carbocycles. The Morgan fingerprint density at radius 3 is 2.29 bits per heavy atom. The van der Waals surface area contributed by atoms with Crippen molar-refractivity contribution in [3.8, 4) is 16.9 Å². The number of anilines is 1. The lowest BCUT2D eigenvalue weighted by atomic mass is 9.74. The zero-order chi connectivity index (χ0) is 35.4. The van der Waals surface area contributed by atoms with Gasteiger partial charge in [-0.3, -0.25) is 4.79 Å². The molecule has 0 unspecified atom stereocenters. The van der Waals surface area contributed by atoms with E-state index in [4.69, 9.17) is 18.8 Å². The zero-order valence-corrected chi connectivity index (χ0v) is 30.4. The van der Waals surface area contributed by atoms with Crippen LogP contribution in [-0.2, 0) is 26.0 Å². The van der Waals surface area contributed by atoms with E-state index in [9.17, 15) is 9.59 Å². The molecule has 0 aliphatic carbocycles. The minimum atomic E-state index is -0.554. The number of piperidine rings is 1. The number of rotatable bonds is 6. The van der Waals surface area contributed by atoms with Crippen molar-refractivity contribution in [1.29, 1.82) is 0 Å². The Morgan fingerprint density at radius 2 is 1.63 bits per heavy atom. The van der Waals surface area contributed by atoms with Gasteiger partial charge in [-0.15, -0.1) is 0 Å². The van der Waals surface area contributed by atoms with Gasteiger partial charge in [0, 0.05) is 61.5 Å². The van der Waals surface area contributed by atoms with Crippen molar-refractivity contribution >= 4 is 30.3 Å². The fraction of sp³-hybridized carbons (Fsp3) is 0.487. The van der Waals surface area contributed by atoms with Crippen LogP contribution in [0.5, 0.6) is 5.75 Å². The van der Waals surface area contributed by atoms with Crippen molar-refractivity contribution in [2.24, 2.45) is 0 Å². The van der Waals surface area contributed by atoms with Gasteiger partial charge in [-0.05, 0) is 108 Å². The molecule has 3 heterocycles. The van der Waals surface area contributed by atoms with Gasteiger partial charge in [-0.1, -0.05) is 30.3 Å². The second-order valence-electron chi connectivity index (χ2n) is 15.9. The van der Waals surface area contributed by atoms with E-state index in [1.165, 1.54) is 0 Å². The van der Waals surface area contributed by atoms with Crippen LogP contribution in [0.15, 0.2) is 60.7 Å². The SMILES string of the molecule is CN(C)c1ccc(B2OC(C)(C)C(C)(C)O2)cc1-c1cccc(C(=O)N2CCC3(CC2)COc2ccc(CNC(=O)OC(C)(C)C)cc23)c1. The number of likely N-dealkylation sites (tertiary alicyclic amines) is 1. The van der Waals surface area contributed by atoms with E-state index < -0.39 is 30.0 Å². The molecular formula is C39H50BN3O6. The van der Waals surface area contributed by atoms with E-state index in [1.54, 1.807) is 0 Å². The molecule has 10 heteroatoms. The summed E-state index contributed by atoms with van der Waals surface area (Å²) in [5.41, 5.74) is 5.19. The quantitative estimate of drug-likeness (QED) is 0.309. The second-order valence-corrected chi connectivity index (χ2v) is 15.9. The average Bonchev–Trinajstić information content (AvgIpc) is 3.50. The van der Waals surface area contributed by atoms with E-state index in [0.717, 1.165) is 52.0 Å². The Morgan fingerprint density at radius 1 is 0.939 bits per heavy atom. The molecule has 2 amide bonds. The van der Waals surface area contributed by atoms with Gasteiger partial charge >= 0.3 is 13.2 Å². The third-order valence-electron chi connectivity index (χ3n) is 10.4. The highest BCUT2D eigenvalue weighted by atomic mass is 16.7. The Labute approximate surface area is 291 Å². The van der Waals surface area contributed by atoms with Crippen LogP contribution in [-0.4, -0.2) is 74.6 Å². The topological polar surface area (TPSA) is 89.6 Å². The van der Waals surface area contributed by atoms with Crippen molar-refractivity contribution in [2.45, 2.75) is 90.1 Å². The maximum absolute atomic E-state index is 14.0. The van der Waals surface area contributed by atoms with E-state index in [0.29, 0.717) is 31.8 Å². The zero-order valence-electron chi connectivity index (χ0n) is 30.4. The van der Waals surface area contributed by atoms with Crippen molar-refractivity contribution in [2.75, 3.05) is 38.7 Å². The van der Waals surface area contributed by atoms with Crippen LogP contribution in [0, 0.1) is 0 Å². The van der Waals surface area contributed by atoms with Gasteiger partial charge in [0.2, 0.25) is 0 Å². The number of ether oxygens (including phenoxy) is 2. The summed E-state index contributed by atoms with van der Waals surface area (Å²) in [5.74, 6) is 0.910. The first-order valence-corrected chi connectivity index (χ1v) is 17.3. The van der Waals surface area contributed by atoms with Crippen molar-refractivity contribution < 1.29 is 28.4 Å². The molecule has 0 aromatic heterocycles. The minimum absolute atomic E-state index is 0.0275. The third-order valence-corrected chi connectivity index (χ3v) is 10.4. The lowest BCUT2D eigenvalue weighted by Crippen LogP contribution is -2.46. The van der Waals surface area contributed by atoms with Crippen LogP contribution in [0.4, 0.5) is 10.5 Å². The number of benzene rings is 3. The Hall–Kier alpha value is -4.02. The molecule has 0 bridgehead atoms. The number of nitrogens with one attached hydrogen (secondary N) is 1. The van der Waals surface area contributed by atoms with Gasteiger partial charge < -0.3 is 33.9 Å². The van der Waals surface area contributed by atoms with Crippen LogP contribution in [0.1, 0.15) is 82.8 Å². The normalized spacial score (nSPS) is 19.0. The molecule has 6 rings (SSSR count). The second kappa shape index (κ2) is 12.7. The first-order valence-electron chi connectivity index (χ1n) is 17.3. The predicted molar refractivity (Wildman–Crippen MR) is 194 cm³/mol. The highest BCUT2D eigenvalue weighted by Gasteiger charge is 2.52. The largest absolute Gasteiger partial charge is 0.494 e. The summed E-state index contributed by atoms with van der Waals surface area (Å²) in [4.78, 5) is 30.2. The fourth-order valence-electron chi connectivity index (χ4n) is 6.86. The molecule has 1 N–H and O–H groups in total. The molecule has 3 aromatic rings. The van der Waals surface area contributed by atoms with Crippen molar-refractivity contribution in [1.82, 2.24) is 10.2 Å². The van der Waals surface area contributed by atoms with Gasteiger partial charge in [0.25, 0.3) is 5.91 Å². The highest BCUT2D eigenvalue weighted by molar-refractivity contribution is 6.62. The number of alkyl carbamates (subject to hydrolysis) is 1. The summed E-state index contributed by atoms with van der Waals surface area (Å²) >= 11 is 0. The van der Waals surface area contributed by atoms with Crippen LogP contribution in [0.25, 0.3) is 11.1 Å². The molecule has 2 saturated heterocycles. The van der Waals surface area contributed by atoms with Crippen LogP contribution >= 0.6 is 0 Å². The van der Waals surface area contributed by atoms with Crippen molar-refractivity contribution in [3.63, 3.8) is 0 Å². The number of carbonyl (C=O) groups excluding carboxylic acids is 2. The van der Waals surface area contributed by atoms with Gasteiger partial charge in [-0.25, -0.2) is 4.79 Å². The standard InChI is InChI=1S/C39H50BN3O6/c1-36(2,3)47-35(45)41-24-26-13-16-33-31(21-26)39(25-46-33)17-19-43(20-18-39)34(44)28-12-10-11-27(22-28)30-23-29(14-15-32(30)42(8)9)40-48-37(4,5)38(6,7)49-40/h10-16,21-23H,17-20,24-25H2,1-9H3,(H,41,45). The summed E-state index contributed by atoms with van der Waals surface area (Å²) in [7, 11) is 3.57. The number of hydrogen-bond acceptors (Lipinski definition) is 7. The molecule has 1 spiro atoms. The monoisotopic (exact) mass is 667 g/mol. The van der Waals surface area contributed by atoms with Crippen LogP contribution in [0.3, 0.4) is 0 Å². The summed E-state index contributed by atoms with van der Waals surface area (Å²) in [6, 6.07) is 20.3.